The molecule has 2 nitrogen and oxygen atoms in total. The molecule has 0 radical (unpaired) electrons. The topological polar surface area (TPSA) is 29.3 Å². The molecule has 0 bridgehead atoms. The van der Waals surface area contributed by atoms with Crippen molar-refractivity contribution in [2.75, 3.05) is 19.6 Å². The number of nitrogens with two attached hydrogens (primary N) is 1. The van der Waals surface area contributed by atoms with Crippen molar-refractivity contribution in [3.8, 4) is 0 Å². The van der Waals surface area contributed by atoms with E-state index in [9.17, 15) is 0 Å². The molecule has 0 aliphatic heterocycles. The van der Waals surface area contributed by atoms with Crippen molar-refractivity contribution in [2.45, 2.75) is 27.3 Å². The normalized spacial score (nSPS) is 12.1. The summed E-state index contributed by atoms with van der Waals surface area (Å²) in [5.41, 5.74) is 7.34. The molecule has 0 amide bonds. The number of nitrogens with zero attached hydrogens (tertiary/aromatic N) is 1. The minimum atomic E-state index is 0.323. The molecule has 0 aliphatic carbocycles. The van der Waals surface area contributed by atoms with Gasteiger partial charge in [-0.3, -0.25) is 4.90 Å². The van der Waals surface area contributed by atoms with Crippen molar-refractivity contribution in [1.82, 2.24) is 4.90 Å². The smallest absolute Gasteiger partial charge is 0.0234 e. The van der Waals surface area contributed by atoms with Crippen LogP contribution in [0.4, 0.5) is 0 Å². The fraction of sp³-hybridized carbons (Fsp3) is 0.571. The Bertz CT molecular complexity index is 287. The van der Waals surface area contributed by atoms with E-state index in [0.717, 1.165) is 26.2 Å². The van der Waals surface area contributed by atoms with Crippen LogP contribution in [0.15, 0.2) is 30.3 Å². The van der Waals surface area contributed by atoms with Crippen molar-refractivity contribution >= 4 is 0 Å². The first-order valence-corrected chi connectivity index (χ1v) is 5.97. The van der Waals surface area contributed by atoms with Gasteiger partial charge in [0, 0.05) is 26.2 Å². The molecule has 0 fully saturated rings. The van der Waals surface area contributed by atoms with Gasteiger partial charge in [0.1, 0.15) is 0 Å². The molecule has 0 heterocycles. The summed E-state index contributed by atoms with van der Waals surface area (Å²) >= 11 is 0. The molecule has 16 heavy (non-hydrogen) atoms. The average molecular weight is 220 g/mol. The van der Waals surface area contributed by atoms with E-state index < -0.39 is 0 Å². The fourth-order valence-corrected chi connectivity index (χ4v) is 1.91. The van der Waals surface area contributed by atoms with Gasteiger partial charge in [-0.05, 0) is 11.0 Å². The molecule has 0 saturated carbocycles. The predicted octanol–water partition coefficient (Wildman–Crippen LogP) is 2.49. The van der Waals surface area contributed by atoms with Gasteiger partial charge in [0.2, 0.25) is 0 Å². The van der Waals surface area contributed by atoms with Gasteiger partial charge in [-0.15, -0.1) is 0 Å². The molecule has 0 atom stereocenters. The van der Waals surface area contributed by atoms with Crippen LogP contribution in [0.5, 0.6) is 0 Å². The third kappa shape index (κ3) is 5.29. The highest BCUT2D eigenvalue weighted by Gasteiger charge is 2.15. The van der Waals surface area contributed by atoms with E-state index >= 15 is 0 Å². The Balaban J connectivity index is 2.58. The largest absolute Gasteiger partial charge is 0.329 e. The Kier molecular flexibility index (Phi) is 4.97. The van der Waals surface area contributed by atoms with E-state index in [-0.39, 0.29) is 0 Å². The Morgan fingerprint density at radius 2 is 1.75 bits per heavy atom. The highest BCUT2D eigenvalue weighted by atomic mass is 15.1. The summed E-state index contributed by atoms with van der Waals surface area (Å²) in [5.74, 6) is 0. The lowest BCUT2D eigenvalue weighted by Crippen LogP contribution is -2.35. The quantitative estimate of drug-likeness (QED) is 0.826. The third-order valence-electron chi connectivity index (χ3n) is 2.39. The zero-order valence-electron chi connectivity index (χ0n) is 10.7. The maximum Gasteiger partial charge on any atom is 0.0234 e. The van der Waals surface area contributed by atoms with Crippen molar-refractivity contribution in [1.29, 1.82) is 0 Å². The van der Waals surface area contributed by atoms with Crippen LogP contribution in [-0.2, 0) is 6.54 Å². The molecule has 0 aromatic heterocycles. The van der Waals surface area contributed by atoms with E-state index in [2.05, 4.69) is 56.0 Å². The number of hydrogen-bond donors (Lipinski definition) is 1. The van der Waals surface area contributed by atoms with Crippen LogP contribution >= 0.6 is 0 Å². The summed E-state index contributed by atoms with van der Waals surface area (Å²) in [4.78, 5) is 2.43. The van der Waals surface area contributed by atoms with Crippen LogP contribution in [-0.4, -0.2) is 24.5 Å². The number of rotatable bonds is 5. The Hall–Kier alpha value is -0.860. The Morgan fingerprint density at radius 3 is 2.25 bits per heavy atom. The lowest BCUT2D eigenvalue weighted by atomic mass is 9.96. The molecule has 2 heteroatoms. The molecule has 2 N–H and O–H groups in total. The van der Waals surface area contributed by atoms with E-state index in [4.69, 9.17) is 5.73 Å². The van der Waals surface area contributed by atoms with Gasteiger partial charge < -0.3 is 5.73 Å². The summed E-state index contributed by atoms with van der Waals surface area (Å²) in [6, 6.07) is 10.6. The van der Waals surface area contributed by atoms with Gasteiger partial charge in [-0.2, -0.15) is 0 Å². The third-order valence-corrected chi connectivity index (χ3v) is 2.39. The average Bonchev–Trinajstić information content (AvgIpc) is 2.17. The lowest BCUT2D eigenvalue weighted by molar-refractivity contribution is 0.188. The van der Waals surface area contributed by atoms with Gasteiger partial charge >= 0.3 is 0 Å². The maximum absolute atomic E-state index is 5.66. The summed E-state index contributed by atoms with van der Waals surface area (Å²) in [6.45, 7) is 10.6. The SMILES string of the molecule is CC(C)(C)CN(CCN)Cc1ccccc1. The molecule has 0 saturated heterocycles. The van der Waals surface area contributed by atoms with E-state index in [1.54, 1.807) is 0 Å². The summed E-state index contributed by atoms with van der Waals surface area (Å²) in [6.07, 6.45) is 0. The van der Waals surface area contributed by atoms with Crippen molar-refractivity contribution < 1.29 is 0 Å². The van der Waals surface area contributed by atoms with Crippen LogP contribution in [0.25, 0.3) is 0 Å². The zero-order valence-corrected chi connectivity index (χ0v) is 10.7. The monoisotopic (exact) mass is 220 g/mol. The summed E-state index contributed by atoms with van der Waals surface area (Å²) in [7, 11) is 0. The maximum atomic E-state index is 5.66. The molecule has 1 aromatic carbocycles. The standard InChI is InChI=1S/C14H24N2/c1-14(2,3)12-16(10-9-15)11-13-7-5-4-6-8-13/h4-8H,9-12,15H2,1-3H3. The van der Waals surface area contributed by atoms with Gasteiger partial charge in [0.05, 0.1) is 0 Å². The number of hydrogen-bond acceptors (Lipinski definition) is 2. The Labute approximate surface area is 99.5 Å². The first kappa shape index (κ1) is 13.2. The lowest BCUT2D eigenvalue weighted by Gasteiger charge is -2.29. The fourth-order valence-electron chi connectivity index (χ4n) is 1.91. The predicted molar refractivity (Wildman–Crippen MR) is 70.2 cm³/mol. The second-order valence-corrected chi connectivity index (χ2v) is 5.55. The molecule has 0 spiro atoms. The molecular formula is C14H24N2. The van der Waals surface area contributed by atoms with Crippen molar-refractivity contribution in [2.24, 2.45) is 11.1 Å². The molecule has 0 unspecified atom stereocenters. The minimum Gasteiger partial charge on any atom is -0.329 e. The summed E-state index contributed by atoms with van der Waals surface area (Å²) in [5, 5.41) is 0. The van der Waals surface area contributed by atoms with Gasteiger partial charge in [-0.1, -0.05) is 51.1 Å². The molecule has 0 aliphatic rings. The van der Waals surface area contributed by atoms with E-state index in [0.29, 0.717) is 5.41 Å². The highest BCUT2D eigenvalue weighted by molar-refractivity contribution is 5.14. The van der Waals surface area contributed by atoms with Crippen LogP contribution in [0.2, 0.25) is 0 Å². The highest BCUT2D eigenvalue weighted by Crippen LogP contribution is 2.16. The summed E-state index contributed by atoms with van der Waals surface area (Å²) < 4.78 is 0. The van der Waals surface area contributed by atoms with Gasteiger partial charge in [0.25, 0.3) is 0 Å². The van der Waals surface area contributed by atoms with Crippen LogP contribution in [0.3, 0.4) is 0 Å². The first-order chi connectivity index (χ1) is 7.51. The van der Waals surface area contributed by atoms with Gasteiger partial charge in [-0.25, -0.2) is 0 Å². The molecule has 1 aromatic rings. The molecule has 90 valence electrons. The van der Waals surface area contributed by atoms with Crippen molar-refractivity contribution in [3.63, 3.8) is 0 Å². The molecular weight excluding hydrogens is 196 g/mol. The van der Waals surface area contributed by atoms with Crippen LogP contribution in [0.1, 0.15) is 26.3 Å². The number of benzene rings is 1. The van der Waals surface area contributed by atoms with Crippen molar-refractivity contribution in [3.05, 3.63) is 35.9 Å². The zero-order chi connectivity index (χ0) is 12.0. The molecule has 1 rings (SSSR count). The Morgan fingerprint density at radius 1 is 1.12 bits per heavy atom. The van der Waals surface area contributed by atoms with Gasteiger partial charge in [0.15, 0.2) is 0 Å². The second kappa shape index (κ2) is 6.02. The second-order valence-electron chi connectivity index (χ2n) is 5.55. The van der Waals surface area contributed by atoms with Crippen LogP contribution < -0.4 is 5.73 Å². The van der Waals surface area contributed by atoms with E-state index in [1.807, 2.05) is 0 Å². The van der Waals surface area contributed by atoms with E-state index in [1.165, 1.54) is 5.56 Å². The first-order valence-electron chi connectivity index (χ1n) is 5.97. The van der Waals surface area contributed by atoms with Crippen LogP contribution in [0, 0.1) is 5.41 Å². The minimum absolute atomic E-state index is 0.323.